The second-order valence-corrected chi connectivity index (χ2v) is 7.94. The molecule has 0 spiro atoms. The topological polar surface area (TPSA) is 91.3 Å². The van der Waals surface area contributed by atoms with Crippen LogP contribution < -0.4 is 16.0 Å². The first-order valence-electron chi connectivity index (χ1n) is 10.3. The highest BCUT2D eigenvalue weighted by Crippen LogP contribution is 2.18. The van der Waals surface area contributed by atoms with Crippen LogP contribution in [0.3, 0.4) is 0 Å². The molecule has 156 valence electrons. The van der Waals surface area contributed by atoms with Crippen LogP contribution in [0.25, 0.3) is 0 Å². The highest BCUT2D eigenvalue weighted by Gasteiger charge is 2.27. The Kier molecular flexibility index (Phi) is 7.18. The summed E-state index contributed by atoms with van der Waals surface area (Å²) in [5, 5.41) is 14.0. The number of nitrogens with one attached hydrogen (secondary N) is 3. The van der Waals surface area contributed by atoms with Gasteiger partial charge in [-0.2, -0.15) is 5.10 Å². The van der Waals surface area contributed by atoms with Gasteiger partial charge in [0.2, 0.25) is 0 Å². The van der Waals surface area contributed by atoms with E-state index in [-0.39, 0.29) is 30.4 Å². The van der Waals surface area contributed by atoms with Gasteiger partial charge in [-0.25, -0.2) is 4.79 Å². The van der Waals surface area contributed by atoms with Crippen LogP contribution in [0, 0.1) is 0 Å². The first-order valence-corrected chi connectivity index (χ1v) is 10.3. The number of aromatic nitrogens is 2. The van der Waals surface area contributed by atoms with Crippen LogP contribution >= 0.6 is 12.4 Å². The molecule has 0 atom stereocenters. The predicted octanol–water partition coefficient (Wildman–Crippen LogP) is 1.64. The molecule has 3 aliphatic rings. The number of amides is 3. The molecule has 8 nitrogen and oxygen atoms in total. The van der Waals surface area contributed by atoms with E-state index >= 15 is 0 Å². The van der Waals surface area contributed by atoms with Crippen molar-refractivity contribution in [3.8, 4) is 0 Å². The van der Waals surface area contributed by atoms with Crippen LogP contribution in [0.5, 0.6) is 0 Å². The minimum atomic E-state index is -0.109. The smallest absolute Gasteiger partial charge is 0.317 e. The van der Waals surface area contributed by atoms with Gasteiger partial charge in [0, 0.05) is 38.3 Å². The van der Waals surface area contributed by atoms with Crippen molar-refractivity contribution in [2.24, 2.45) is 0 Å². The van der Waals surface area contributed by atoms with Crippen molar-refractivity contribution < 1.29 is 9.59 Å². The molecule has 3 N–H and O–H groups in total. The number of fused-ring (bicyclic) bond motifs is 1. The van der Waals surface area contributed by atoms with Gasteiger partial charge in [-0.1, -0.05) is 19.3 Å². The van der Waals surface area contributed by atoms with Crippen LogP contribution in [-0.2, 0) is 13.1 Å². The quantitative estimate of drug-likeness (QED) is 0.706. The molecular formula is C19H31ClN6O2. The summed E-state index contributed by atoms with van der Waals surface area (Å²) < 4.78 is 1.91. The number of halogens is 1. The largest absolute Gasteiger partial charge is 0.348 e. The molecule has 0 aromatic carbocycles. The average molecular weight is 411 g/mol. The monoisotopic (exact) mass is 410 g/mol. The van der Waals surface area contributed by atoms with E-state index in [1.165, 1.54) is 19.3 Å². The maximum atomic E-state index is 12.5. The van der Waals surface area contributed by atoms with Crippen LogP contribution in [0.15, 0.2) is 6.07 Å². The summed E-state index contributed by atoms with van der Waals surface area (Å²) in [6, 6.07) is 2.37. The number of carbonyl (C=O) groups excluding carboxylic acids is 2. The van der Waals surface area contributed by atoms with Crippen molar-refractivity contribution in [3.05, 3.63) is 17.5 Å². The van der Waals surface area contributed by atoms with E-state index in [0.29, 0.717) is 24.8 Å². The molecule has 1 aliphatic carbocycles. The first-order chi connectivity index (χ1) is 13.2. The van der Waals surface area contributed by atoms with E-state index < -0.39 is 0 Å². The third-order valence-corrected chi connectivity index (χ3v) is 5.95. The van der Waals surface area contributed by atoms with Gasteiger partial charge in [-0.3, -0.25) is 9.48 Å². The number of likely N-dealkylation sites (tertiary alicyclic amines) is 1. The minimum absolute atomic E-state index is 0. The summed E-state index contributed by atoms with van der Waals surface area (Å²) in [7, 11) is 0. The molecule has 2 aliphatic heterocycles. The standard InChI is InChI=1S/C19H30N6O2.ClH/c26-18(17-12-16-13-20-8-11-25(16)23-17)21-15-6-9-24(10-7-15)19(27)22-14-4-2-1-3-5-14;/h12,14-15,20H,1-11,13H2,(H,21,26)(H,22,27);1H. The lowest BCUT2D eigenvalue weighted by Crippen LogP contribution is -2.51. The van der Waals surface area contributed by atoms with Gasteiger partial charge >= 0.3 is 6.03 Å². The van der Waals surface area contributed by atoms with E-state index in [2.05, 4.69) is 21.0 Å². The third-order valence-electron chi connectivity index (χ3n) is 5.95. The molecule has 0 bridgehead atoms. The number of urea groups is 1. The molecule has 3 heterocycles. The van der Waals surface area contributed by atoms with E-state index in [9.17, 15) is 9.59 Å². The molecule has 2 fully saturated rings. The number of nitrogens with zero attached hydrogens (tertiary/aromatic N) is 3. The maximum Gasteiger partial charge on any atom is 0.317 e. The second-order valence-electron chi connectivity index (χ2n) is 7.94. The van der Waals surface area contributed by atoms with Crippen molar-refractivity contribution in [1.29, 1.82) is 0 Å². The first kappa shape index (κ1) is 20.9. The van der Waals surface area contributed by atoms with Gasteiger partial charge in [0.05, 0.1) is 12.2 Å². The van der Waals surface area contributed by atoms with Crippen molar-refractivity contribution in [3.63, 3.8) is 0 Å². The van der Waals surface area contributed by atoms with Gasteiger partial charge in [-0.15, -0.1) is 12.4 Å². The molecular weight excluding hydrogens is 380 g/mol. The molecule has 1 saturated heterocycles. The minimum Gasteiger partial charge on any atom is -0.348 e. The number of hydrogen-bond donors (Lipinski definition) is 3. The van der Waals surface area contributed by atoms with Crippen molar-refractivity contribution in [2.45, 2.75) is 70.1 Å². The Bertz CT molecular complexity index is 656. The van der Waals surface area contributed by atoms with Crippen LogP contribution in [0.1, 0.15) is 61.1 Å². The molecule has 28 heavy (non-hydrogen) atoms. The summed E-state index contributed by atoms with van der Waals surface area (Å²) >= 11 is 0. The van der Waals surface area contributed by atoms with Gasteiger partial charge in [0.15, 0.2) is 5.69 Å². The van der Waals surface area contributed by atoms with Gasteiger partial charge in [0.1, 0.15) is 0 Å². The normalized spacial score (nSPS) is 20.8. The Morgan fingerprint density at radius 3 is 2.43 bits per heavy atom. The zero-order valence-corrected chi connectivity index (χ0v) is 17.1. The highest BCUT2D eigenvalue weighted by molar-refractivity contribution is 5.92. The second kappa shape index (κ2) is 9.60. The number of rotatable bonds is 3. The van der Waals surface area contributed by atoms with E-state index in [0.717, 1.165) is 51.0 Å². The van der Waals surface area contributed by atoms with Gasteiger partial charge in [-0.05, 0) is 31.7 Å². The van der Waals surface area contributed by atoms with E-state index in [1.54, 1.807) is 0 Å². The SMILES string of the molecule is Cl.O=C(NC1CCN(C(=O)NC2CCCCC2)CC1)c1cc2n(n1)CCNC2. The Morgan fingerprint density at radius 2 is 1.71 bits per heavy atom. The Balaban J connectivity index is 0.00000225. The van der Waals surface area contributed by atoms with E-state index in [1.807, 2.05) is 15.6 Å². The number of piperidine rings is 1. The molecule has 1 aromatic rings. The molecule has 1 saturated carbocycles. The zero-order valence-electron chi connectivity index (χ0n) is 16.3. The fraction of sp³-hybridized carbons (Fsp3) is 0.737. The highest BCUT2D eigenvalue weighted by atomic mass is 35.5. The lowest BCUT2D eigenvalue weighted by molar-refractivity contribution is 0.0911. The lowest BCUT2D eigenvalue weighted by atomic mass is 9.95. The van der Waals surface area contributed by atoms with Crippen LogP contribution in [0.2, 0.25) is 0 Å². The van der Waals surface area contributed by atoms with Crippen LogP contribution in [-0.4, -0.2) is 58.3 Å². The number of carbonyl (C=O) groups is 2. The van der Waals surface area contributed by atoms with Gasteiger partial charge in [0.25, 0.3) is 5.91 Å². The molecule has 0 unspecified atom stereocenters. The predicted molar refractivity (Wildman–Crippen MR) is 109 cm³/mol. The Labute approximate surface area is 172 Å². The summed E-state index contributed by atoms with van der Waals surface area (Å²) in [5.74, 6) is -0.109. The van der Waals surface area contributed by atoms with Crippen molar-refractivity contribution in [2.75, 3.05) is 19.6 Å². The number of hydrogen-bond acceptors (Lipinski definition) is 4. The third kappa shape index (κ3) is 4.97. The van der Waals surface area contributed by atoms with Crippen molar-refractivity contribution >= 4 is 24.3 Å². The zero-order chi connectivity index (χ0) is 18.6. The summed E-state index contributed by atoms with van der Waals surface area (Å²) in [4.78, 5) is 26.8. The fourth-order valence-electron chi connectivity index (χ4n) is 4.30. The molecule has 4 rings (SSSR count). The molecule has 3 amide bonds. The van der Waals surface area contributed by atoms with E-state index in [4.69, 9.17) is 0 Å². The average Bonchev–Trinajstić information content (AvgIpc) is 3.14. The van der Waals surface area contributed by atoms with Crippen LogP contribution in [0.4, 0.5) is 4.79 Å². The summed E-state index contributed by atoms with van der Waals surface area (Å²) in [5.41, 5.74) is 1.55. The Hall–Kier alpha value is -1.80. The Morgan fingerprint density at radius 1 is 1.00 bits per heavy atom. The molecule has 1 aromatic heterocycles. The maximum absolute atomic E-state index is 12.5. The summed E-state index contributed by atoms with van der Waals surface area (Å²) in [6.07, 6.45) is 7.50. The summed E-state index contributed by atoms with van der Waals surface area (Å²) in [6.45, 7) is 3.82. The fourth-order valence-corrected chi connectivity index (χ4v) is 4.30. The van der Waals surface area contributed by atoms with Gasteiger partial charge < -0.3 is 20.9 Å². The van der Waals surface area contributed by atoms with Crippen molar-refractivity contribution in [1.82, 2.24) is 30.6 Å². The molecule has 0 radical (unpaired) electrons. The lowest BCUT2D eigenvalue weighted by Gasteiger charge is -2.34. The molecule has 9 heteroatoms.